The second-order valence-electron chi connectivity index (χ2n) is 3.00. The average molecular weight is 150 g/mol. The molecule has 2 nitrogen and oxygen atoms in total. The lowest BCUT2D eigenvalue weighted by molar-refractivity contribution is 0.445. The summed E-state index contributed by atoms with van der Waals surface area (Å²) in [6.07, 6.45) is 6.02. The van der Waals surface area contributed by atoms with Gasteiger partial charge in [-0.1, -0.05) is 12.8 Å². The monoisotopic (exact) mass is 150 g/mol. The van der Waals surface area contributed by atoms with E-state index in [2.05, 4.69) is 17.3 Å². The zero-order valence-corrected chi connectivity index (χ0v) is 7.31. The molecule has 60 valence electrons. The minimum atomic E-state index is -0.379. The number of hydrogen-bond donors (Lipinski definition) is 1. The fourth-order valence-electron chi connectivity index (χ4n) is 0.703. The van der Waals surface area contributed by atoms with Crippen molar-refractivity contribution in [3.05, 3.63) is 0 Å². The van der Waals surface area contributed by atoms with Crippen LogP contribution in [0.1, 0.15) is 27.2 Å². The van der Waals surface area contributed by atoms with Gasteiger partial charge in [-0.05, 0) is 20.3 Å². The van der Waals surface area contributed by atoms with Gasteiger partial charge in [0.25, 0.3) is 0 Å². The summed E-state index contributed by atoms with van der Waals surface area (Å²) in [7, 11) is 0. The first-order valence-electron chi connectivity index (χ1n) is 3.70. The standard InChI is InChI=1S/C9H14N2/c1-5-8(7-10)11-9(3,4)6-2/h2,8,11H,5H2,1,3-4H3. The van der Waals surface area contributed by atoms with E-state index in [1.807, 2.05) is 20.8 Å². The Labute approximate surface area is 68.6 Å². The van der Waals surface area contributed by atoms with Crippen molar-refractivity contribution in [1.29, 1.82) is 5.26 Å². The van der Waals surface area contributed by atoms with Gasteiger partial charge in [-0.3, -0.25) is 5.32 Å². The fraction of sp³-hybridized carbons (Fsp3) is 0.667. The highest BCUT2D eigenvalue weighted by Gasteiger charge is 2.17. The van der Waals surface area contributed by atoms with Crippen LogP contribution in [0.15, 0.2) is 0 Å². The molecule has 0 aromatic carbocycles. The highest BCUT2D eigenvalue weighted by atomic mass is 15.0. The zero-order chi connectivity index (χ0) is 8.91. The highest BCUT2D eigenvalue weighted by molar-refractivity contribution is 5.10. The summed E-state index contributed by atoms with van der Waals surface area (Å²) in [5, 5.41) is 11.6. The van der Waals surface area contributed by atoms with Crippen molar-refractivity contribution >= 4 is 0 Å². The van der Waals surface area contributed by atoms with Crippen LogP contribution in [-0.4, -0.2) is 11.6 Å². The molecule has 2 heteroatoms. The van der Waals surface area contributed by atoms with Gasteiger partial charge in [-0.15, -0.1) is 6.42 Å². The van der Waals surface area contributed by atoms with Crippen LogP contribution < -0.4 is 5.32 Å². The second-order valence-corrected chi connectivity index (χ2v) is 3.00. The van der Waals surface area contributed by atoms with Gasteiger partial charge >= 0.3 is 0 Å². The van der Waals surface area contributed by atoms with Crippen LogP contribution in [0.5, 0.6) is 0 Å². The van der Waals surface area contributed by atoms with E-state index < -0.39 is 0 Å². The summed E-state index contributed by atoms with van der Waals surface area (Å²) < 4.78 is 0. The summed E-state index contributed by atoms with van der Waals surface area (Å²) in [5.41, 5.74) is -0.379. The average Bonchev–Trinajstić information content (AvgIpc) is 2.00. The molecule has 0 saturated carbocycles. The smallest absolute Gasteiger partial charge is 0.0961 e. The third-order valence-corrected chi connectivity index (χ3v) is 1.46. The number of nitrogens with one attached hydrogen (secondary N) is 1. The van der Waals surface area contributed by atoms with Crippen molar-refractivity contribution < 1.29 is 0 Å². The minimum Gasteiger partial charge on any atom is -0.286 e. The third kappa shape index (κ3) is 3.65. The van der Waals surface area contributed by atoms with E-state index in [-0.39, 0.29) is 11.6 Å². The molecule has 0 aromatic rings. The predicted octanol–water partition coefficient (Wildman–Crippen LogP) is 1.29. The molecule has 11 heavy (non-hydrogen) atoms. The molecule has 1 atom stereocenters. The molecular weight excluding hydrogens is 136 g/mol. The summed E-state index contributed by atoms with van der Waals surface area (Å²) in [6, 6.07) is 2.00. The van der Waals surface area contributed by atoms with Gasteiger partial charge in [0.1, 0.15) is 0 Å². The first-order valence-corrected chi connectivity index (χ1v) is 3.70. The second kappa shape index (κ2) is 4.01. The molecule has 0 rings (SSSR count). The zero-order valence-electron chi connectivity index (χ0n) is 7.31. The Hall–Kier alpha value is -0.990. The predicted molar refractivity (Wildman–Crippen MR) is 45.7 cm³/mol. The molecular formula is C9H14N2. The van der Waals surface area contributed by atoms with Gasteiger partial charge in [-0.2, -0.15) is 5.26 Å². The number of rotatable bonds is 3. The SMILES string of the molecule is C#CC(C)(C)NC(C#N)CC. The molecule has 0 aromatic heterocycles. The maximum Gasteiger partial charge on any atom is 0.0961 e. The minimum absolute atomic E-state index is 0.138. The van der Waals surface area contributed by atoms with Gasteiger partial charge in [0, 0.05) is 0 Å². The maximum absolute atomic E-state index is 8.60. The van der Waals surface area contributed by atoms with Crippen LogP contribution in [0.2, 0.25) is 0 Å². The Bertz CT molecular complexity index is 193. The Morgan fingerprint density at radius 1 is 1.64 bits per heavy atom. The van der Waals surface area contributed by atoms with E-state index in [0.29, 0.717) is 0 Å². The normalized spacial score (nSPS) is 13.2. The van der Waals surface area contributed by atoms with Crippen LogP contribution in [0.4, 0.5) is 0 Å². The van der Waals surface area contributed by atoms with Crippen LogP contribution in [-0.2, 0) is 0 Å². The lowest BCUT2D eigenvalue weighted by Gasteiger charge is -2.22. The molecule has 0 saturated heterocycles. The first kappa shape index (κ1) is 10.0. The first-order chi connectivity index (χ1) is 5.05. The summed E-state index contributed by atoms with van der Waals surface area (Å²) >= 11 is 0. The third-order valence-electron chi connectivity index (χ3n) is 1.46. The Balaban J connectivity index is 4.05. The molecule has 0 spiro atoms. The lowest BCUT2D eigenvalue weighted by atomic mass is 10.1. The highest BCUT2D eigenvalue weighted by Crippen LogP contribution is 2.02. The molecule has 0 bridgehead atoms. The van der Waals surface area contributed by atoms with Crippen LogP contribution in [0.25, 0.3) is 0 Å². The van der Waals surface area contributed by atoms with Crippen LogP contribution >= 0.6 is 0 Å². The van der Waals surface area contributed by atoms with Crippen LogP contribution in [0.3, 0.4) is 0 Å². The summed E-state index contributed by atoms with van der Waals surface area (Å²) in [4.78, 5) is 0. The van der Waals surface area contributed by atoms with Crippen molar-refractivity contribution in [2.75, 3.05) is 0 Å². The number of terminal acetylenes is 1. The number of hydrogen-bond acceptors (Lipinski definition) is 2. The van der Waals surface area contributed by atoms with E-state index in [9.17, 15) is 0 Å². The van der Waals surface area contributed by atoms with Gasteiger partial charge in [-0.25, -0.2) is 0 Å². The Kier molecular flexibility index (Phi) is 3.65. The summed E-state index contributed by atoms with van der Waals surface area (Å²) in [5.74, 6) is 2.58. The molecule has 0 heterocycles. The Morgan fingerprint density at radius 3 is 2.45 bits per heavy atom. The van der Waals surface area contributed by atoms with Crippen LogP contribution in [0, 0.1) is 23.7 Å². The van der Waals surface area contributed by atoms with Gasteiger partial charge in [0.2, 0.25) is 0 Å². The Morgan fingerprint density at radius 2 is 2.18 bits per heavy atom. The van der Waals surface area contributed by atoms with Crippen molar-refractivity contribution in [3.63, 3.8) is 0 Å². The molecule has 1 unspecified atom stereocenters. The molecule has 0 aliphatic carbocycles. The van der Waals surface area contributed by atoms with Gasteiger partial charge in [0.15, 0.2) is 0 Å². The maximum atomic E-state index is 8.60. The number of nitriles is 1. The van der Waals surface area contributed by atoms with E-state index in [1.54, 1.807) is 0 Å². The van der Waals surface area contributed by atoms with E-state index >= 15 is 0 Å². The van der Waals surface area contributed by atoms with Gasteiger partial charge in [0.05, 0.1) is 17.6 Å². The molecule has 1 N–H and O–H groups in total. The number of nitrogens with zero attached hydrogens (tertiary/aromatic N) is 1. The molecule has 0 radical (unpaired) electrons. The topological polar surface area (TPSA) is 35.8 Å². The van der Waals surface area contributed by atoms with Gasteiger partial charge < -0.3 is 0 Å². The lowest BCUT2D eigenvalue weighted by Crippen LogP contribution is -2.43. The van der Waals surface area contributed by atoms with Crippen molar-refractivity contribution in [2.45, 2.75) is 38.8 Å². The fourth-order valence-corrected chi connectivity index (χ4v) is 0.703. The largest absolute Gasteiger partial charge is 0.286 e. The molecule has 0 aliphatic rings. The summed E-state index contributed by atoms with van der Waals surface area (Å²) in [6.45, 7) is 5.72. The van der Waals surface area contributed by atoms with Crippen molar-refractivity contribution in [1.82, 2.24) is 5.32 Å². The molecule has 0 amide bonds. The van der Waals surface area contributed by atoms with Crippen molar-refractivity contribution in [3.8, 4) is 18.4 Å². The van der Waals surface area contributed by atoms with E-state index in [1.165, 1.54) is 0 Å². The van der Waals surface area contributed by atoms with E-state index in [4.69, 9.17) is 11.7 Å². The molecule has 0 fully saturated rings. The van der Waals surface area contributed by atoms with E-state index in [0.717, 1.165) is 6.42 Å². The quantitative estimate of drug-likeness (QED) is 0.615. The molecule has 0 aliphatic heterocycles. The van der Waals surface area contributed by atoms with Crippen molar-refractivity contribution in [2.24, 2.45) is 0 Å².